The zero-order valence-corrected chi connectivity index (χ0v) is 8.64. The molecule has 84 valence electrons. The molecule has 0 saturated carbocycles. The van der Waals surface area contributed by atoms with Gasteiger partial charge in [0.15, 0.2) is 5.69 Å². The normalized spacial score (nSPS) is 14.9. The van der Waals surface area contributed by atoms with E-state index in [0.717, 1.165) is 5.56 Å². The second-order valence-corrected chi connectivity index (χ2v) is 3.42. The predicted molar refractivity (Wildman–Crippen MR) is 55.8 cm³/mol. The summed E-state index contributed by atoms with van der Waals surface area (Å²) in [5, 5.41) is 18.4. The Balaban J connectivity index is 2.56. The van der Waals surface area contributed by atoms with Crippen LogP contribution in [0.3, 0.4) is 0 Å². The second-order valence-electron chi connectivity index (χ2n) is 3.42. The zero-order chi connectivity index (χ0) is 11.3. The van der Waals surface area contributed by atoms with Crippen molar-refractivity contribution in [3.05, 3.63) is 35.0 Å². The van der Waals surface area contributed by atoms with Crippen molar-refractivity contribution < 1.29 is 15.2 Å². The van der Waals surface area contributed by atoms with Crippen LogP contribution in [0.2, 0.25) is 0 Å². The molecular weight excluding hydrogens is 196 g/mol. The molecule has 5 nitrogen and oxygen atoms in total. The van der Waals surface area contributed by atoms with Crippen LogP contribution in [0.1, 0.15) is 5.56 Å². The SMILES string of the molecule is COC[C@H](N)Cc1ccc([NH+]([O-])O)cc1. The third-order valence-electron chi connectivity index (χ3n) is 2.08. The van der Waals surface area contributed by atoms with Crippen molar-refractivity contribution in [1.29, 1.82) is 0 Å². The summed E-state index contributed by atoms with van der Waals surface area (Å²) in [6.07, 6.45) is 0.688. The Labute approximate surface area is 88.6 Å². The van der Waals surface area contributed by atoms with Crippen molar-refractivity contribution in [3.63, 3.8) is 0 Å². The third kappa shape index (κ3) is 3.94. The van der Waals surface area contributed by atoms with Crippen molar-refractivity contribution in [2.24, 2.45) is 5.73 Å². The van der Waals surface area contributed by atoms with E-state index < -0.39 is 5.23 Å². The number of methoxy groups -OCH3 is 1. The fourth-order valence-electron chi connectivity index (χ4n) is 1.36. The van der Waals surface area contributed by atoms with Crippen molar-refractivity contribution >= 4 is 5.69 Å². The Bertz CT molecular complexity index is 287. The minimum atomic E-state index is -0.914. The number of hydrogen-bond donors (Lipinski definition) is 3. The summed E-state index contributed by atoms with van der Waals surface area (Å²) in [6.45, 7) is 0.501. The van der Waals surface area contributed by atoms with E-state index in [4.69, 9.17) is 15.7 Å². The Kier molecular flexibility index (Phi) is 4.67. The van der Waals surface area contributed by atoms with E-state index in [2.05, 4.69) is 0 Å². The lowest BCUT2D eigenvalue weighted by Crippen LogP contribution is -2.99. The molecule has 1 rings (SSSR count). The van der Waals surface area contributed by atoms with Crippen molar-refractivity contribution in [1.82, 2.24) is 0 Å². The Morgan fingerprint density at radius 2 is 2.07 bits per heavy atom. The van der Waals surface area contributed by atoms with E-state index in [1.54, 1.807) is 31.4 Å². The number of nitrogens with one attached hydrogen (secondary N) is 1. The van der Waals surface area contributed by atoms with E-state index in [-0.39, 0.29) is 6.04 Å². The molecule has 15 heavy (non-hydrogen) atoms. The van der Waals surface area contributed by atoms with E-state index in [1.807, 2.05) is 0 Å². The Hall–Kier alpha value is -0.980. The molecule has 1 unspecified atom stereocenters. The van der Waals surface area contributed by atoms with Gasteiger partial charge in [0.05, 0.1) is 6.61 Å². The lowest BCUT2D eigenvalue weighted by atomic mass is 10.1. The van der Waals surface area contributed by atoms with Crippen LogP contribution in [0.15, 0.2) is 24.3 Å². The molecule has 0 aliphatic heterocycles. The van der Waals surface area contributed by atoms with Crippen LogP contribution < -0.4 is 11.0 Å². The number of ether oxygens (including phenoxy) is 1. The summed E-state index contributed by atoms with van der Waals surface area (Å²) in [4.78, 5) is 0. The van der Waals surface area contributed by atoms with Gasteiger partial charge < -0.3 is 15.7 Å². The van der Waals surface area contributed by atoms with Crippen LogP contribution in [0.4, 0.5) is 5.69 Å². The van der Waals surface area contributed by atoms with Gasteiger partial charge in [-0.05, 0) is 12.0 Å². The number of quaternary nitrogens is 1. The molecule has 0 aromatic heterocycles. The lowest BCUT2D eigenvalue weighted by molar-refractivity contribution is -0.991. The number of nitrogens with two attached hydrogens (primary N) is 1. The molecule has 0 heterocycles. The molecule has 0 radical (unpaired) electrons. The highest BCUT2D eigenvalue weighted by molar-refractivity contribution is 5.32. The van der Waals surface area contributed by atoms with Gasteiger partial charge >= 0.3 is 0 Å². The van der Waals surface area contributed by atoms with Crippen LogP contribution >= 0.6 is 0 Å². The van der Waals surface area contributed by atoms with Crippen LogP contribution in [-0.4, -0.2) is 25.0 Å². The first-order valence-corrected chi connectivity index (χ1v) is 4.70. The number of benzene rings is 1. The Morgan fingerprint density at radius 3 is 2.53 bits per heavy atom. The van der Waals surface area contributed by atoms with Crippen LogP contribution in [0.25, 0.3) is 0 Å². The standard InChI is InChI=1S/C10H16N2O3/c1-15-7-9(11)6-8-2-4-10(5-3-8)12(13)14/h2-5,9,12-13H,6-7,11H2,1H3/t9-/m1/s1. The van der Waals surface area contributed by atoms with Crippen molar-refractivity contribution in [2.75, 3.05) is 13.7 Å². The maximum Gasteiger partial charge on any atom is 0.163 e. The van der Waals surface area contributed by atoms with Crippen molar-refractivity contribution in [3.8, 4) is 0 Å². The largest absolute Gasteiger partial charge is 0.595 e. The van der Waals surface area contributed by atoms with Gasteiger partial charge in [0.25, 0.3) is 0 Å². The van der Waals surface area contributed by atoms with E-state index in [9.17, 15) is 5.21 Å². The van der Waals surface area contributed by atoms with Gasteiger partial charge in [-0.25, -0.2) is 5.21 Å². The number of hydrogen-bond acceptors (Lipinski definition) is 4. The van der Waals surface area contributed by atoms with Gasteiger partial charge in [0, 0.05) is 25.3 Å². The highest BCUT2D eigenvalue weighted by Crippen LogP contribution is 2.07. The summed E-state index contributed by atoms with van der Waals surface area (Å²) in [5.41, 5.74) is 7.08. The minimum Gasteiger partial charge on any atom is -0.595 e. The van der Waals surface area contributed by atoms with E-state index in [0.29, 0.717) is 18.7 Å². The van der Waals surface area contributed by atoms with Crippen LogP contribution in [0.5, 0.6) is 0 Å². The first kappa shape index (κ1) is 12.1. The van der Waals surface area contributed by atoms with Gasteiger partial charge in [-0.15, -0.1) is 0 Å². The molecule has 0 amide bonds. The highest BCUT2D eigenvalue weighted by atomic mass is 16.8. The quantitative estimate of drug-likeness (QED) is 0.580. The van der Waals surface area contributed by atoms with Crippen LogP contribution in [0, 0.1) is 5.21 Å². The summed E-state index contributed by atoms with van der Waals surface area (Å²) < 4.78 is 4.92. The Morgan fingerprint density at radius 1 is 1.47 bits per heavy atom. The van der Waals surface area contributed by atoms with Crippen molar-refractivity contribution in [2.45, 2.75) is 12.5 Å². The van der Waals surface area contributed by atoms with Gasteiger partial charge in [0.2, 0.25) is 0 Å². The maximum absolute atomic E-state index is 10.6. The van der Waals surface area contributed by atoms with E-state index >= 15 is 0 Å². The molecule has 1 aromatic rings. The fraction of sp³-hybridized carbons (Fsp3) is 0.400. The van der Waals surface area contributed by atoms with E-state index in [1.165, 1.54) is 0 Å². The topological polar surface area (TPSA) is 83.0 Å². The molecule has 0 spiro atoms. The maximum atomic E-state index is 10.6. The molecule has 0 fully saturated rings. The fourth-order valence-corrected chi connectivity index (χ4v) is 1.36. The van der Waals surface area contributed by atoms with Gasteiger partial charge in [0.1, 0.15) is 0 Å². The molecule has 1 aromatic carbocycles. The second kappa shape index (κ2) is 5.79. The molecule has 0 aliphatic carbocycles. The van der Waals surface area contributed by atoms with Gasteiger partial charge in [-0.2, -0.15) is 5.23 Å². The molecule has 0 saturated heterocycles. The molecule has 0 bridgehead atoms. The first-order chi connectivity index (χ1) is 7.13. The molecule has 2 atom stereocenters. The minimum absolute atomic E-state index is 0.0503. The van der Waals surface area contributed by atoms with Gasteiger partial charge in [-0.3, -0.25) is 0 Å². The molecule has 0 aliphatic rings. The summed E-state index contributed by atoms with van der Waals surface area (Å²) >= 11 is 0. The zero-order valence-electron chi connectivity index (χ0n) is 8.64. The average molecular weight is 212 g/mol. The number of rotatable bonds is 5. The molecule has 4 N–H and O–H groups in total. The summed E-state index contributed by atoms with van der Waals surface area (Å²) in [5.74, 6) is 0. The third-order valence-corrected chi connectivity index (χ3v) is 2.08. The first-order valence-electron chi connectivity index (χ1n) is 4.70. The van der Waals surface area contributed by atoms with Crippen LogP contribution in [-0.2, 0) is 11.2 Å². The average Bonchev–Trinajstić information content (AvgIpc) is 2.18. The molecular formula is C10H16N2O3. The van der Waals surface area contributed by atoms with Gasteiger partial charge in [-0.1, -0.05) is 12.1 Å². The summed E-state index contributed by atoms with van der Waals surface area (Å²) in [6, 6.07) is 6.66. The smallest absolute Gasteiger partial charge is 0.163 e. The predicted octanol–water partition coefficient (Wildman–Crippen LogP) is -0.394. The highest BCUT2D eigenvalue weighted by Gasteiger charge is 2.04. The summed E-state index contributed by atoms with van der Waals surface area (Å²) in [7, 11) is 1.60. The monoisotopic (exact) mass is 212 g/mol. The lowest BCUT2D eigenvalue weighted by Gasteiger charge is -2.13. The molecule has 5 heteroatoms.